The van der Waals surface area contributed by atoms with Crippen molar-refractivity contribution < 1.29 is 4.79 Å². The van der Waals surface area contributed by atoms with E-state index in [0.29, 0.717) is 10.6 Å². The Morgan fingerprint density at radius 2 is 2.11 bits per heavy atom. The van der Waals surface area contributed by atoms with E-state index in [2.05, 4.69) is 15.6 Å². The van der Waals surface area contributed by atoms with E-state index >= 15 is 0 Å². The monoisotopic (exact) mass is 277 g/mol. The Labute approximate surface area is 116 Å². The highest BCUT2D eigenvalue weighted by molar-refractivity contribution is 6.35. The number of H-pyrrole nitrogens is 1. The lowest BCUT2D eigenvalue weighted by Crippen LogP contribution is -2.42. The van der Waals surface area contributed by atoms with Gasteiger partial charge in [0, 0.05) is 28.7 Å². The van der Waals surface area contributed by atoms with Gasteiger partial charge in [-0.15, -0.1) is 0 Å². The fraction of sp³-hybridized carbons (Fsp3) is 0.357. The topological polar surface area (TPSA) is 56.9 Å². The molecule has 1 amide bonds. The van der Waals surface area contributed by atoms with Gasteiger partial charge in [0.15, 0.2) is 0 Å². The number of hydrogen-bond donors (Lipinski definition) is 3. The summed E-state index contributed by atoms with van der Waals surface area (Å²) in [6.45, 7) is 1.94. The van der Waals surface area contributed by atoms with E-state index in [-0.39, 0.29) is 11.9 Å². The predicted octanol–water partition coefficient (Wildman–Crippen LogP) is 2.30. The van der Waals surface area contributed by atoms with Crippen molar-refractivity contribution in [1.29, 1.82) is 0 Å². The van der Waals surface area contributed by atoms with Crippen LogP contribution in [0.1, 0.15) is 23.2 Å². The summed E-state index contributed by atoms with van der Waals surface area (Å²) in [6.07, 6.45) is 3.71. The minimum Gasteiger partial charge on any atom is -0.360 e. The second-order valence-corrected chi connectivity index (χ2v) is 5.30. The normalized spacial score (nSPS) is 16.7. The molecule has 0 saturated carbocycles. The standard InChI is InChI=1S/C14H16ClN3O/c15-12-8-17-13-7-9(1-2-11(12)13)14(19)18-10-3-5-16-6-4-10/h1-2,7-8,10,16-17H,3-6H2,(H,18,19). The molecular weight excluding hydrogens is 262 g/mol. The number of carbonyl (C=O) groups is 1. The molecule has 1 aliphatic heterocycles. The van der Waals surface area contributed by atoms with Crippen LogP contribution >= 0.6 is 11.6 Å². The quantitative estimate of drug-likeness (QED) is 0.789. The molecule has 0 radical (unpaired) electrons. The number of rotatable bonds is 2. The van der Waals surface area contributed by atoms with Crippen molar-refractivity contribution in [3.8, 4) is 0 Å². The average Bonchev–Trinajstić information content (AvgIpc) is 2.81. The molecule has 1 aromatic heterocycles. The van der Waals surface area contributed by atoms with Crippen LogP contribution in [0.15, 0.2) is 24.4 Å². The van der Waals surface area contributed by atoms with Crippen LogP contribution < -0.4 is 10.6 Å². The molecule has 0 unspecified atom stereocenters. The molecule has 2 aromatic rings. The third kappa shape index (κ3) is 2.60. The van der Waals surface area contributed by atoms with Crippen LogP contribution in [0, 0.1) is 0 Å². The Hall–Kier alpha value is -1.52. The first-order valence-corrected chi connectivity index (χ1v) is 6.90. The highest BCUT2D eigenvalue weighted by Gasteiger charge is 2.16. The van der Waals surface area contributed by atoms with Gasteiger partial charge in [0.25, 0.3) is 5.91 Å². The van der Waals surface area contributed by atoms with Crippen LogP contribution in [0.3, 0.4) is 0 Å². The minimum absolute atomic E-state index is 0.0143. The van der Waals surface area contributed by atoms with Crippen LogP contribution in [-0.4, -0.2) is 30.0 Å². The zero-order chi connectivity index (χ0) is 13.2. The van der Waals surface area contributed by atoms with Gasteiger partial charge in [-0.25, -0.2) is 0 Å². The van der Waals surface area contributed by atoms with E-state index in [0.717, 1.165) is 36.8 Å². The maximum Gasteiger partial charge on any atom is 0.251 e. The van der Waals surface area contributed by atoms with Crippen LogP contribution in [0.5, 0.6) is 0 Å². The Balaban J connectivity index is 1.77. The first kappa shape index (κ1) is 12.5. The molecule has 0 atom stereocenters. The van der Waals surface area contributed by atoms with E-state index in [1.165, 1.54) is 0 Å². The van der Waals surface area contributed by atoms with E-state index in [9.17, 15) is 4.79 Å². The van der Waals surface area contributed by atoms with Crippen molar-refractivity contribution in [3.05, 3.63) is 35.0 Å². The second-order valence-electron chi connectivity index (χ2n) is 4.89. The Kier molecular flexibility index (Phi) is 3.44. The molecule has 1 aliphatic rings. The SMILES string of the molecule is O=C(NC1CCNCC1)c1ccc2c(Cl)c[nH]c2c1. The number of aromatic nitrogens is 1. The highest BCUT2D eigenvalue weighted by atomic mass is 35.5. The lowest BCUT2D eigenvalue weighted by molar-refractivity contribution is 0.0929. The van der Waals surface area contributed by atoms with Gasteiger partial charge in [-0.05, 0) is 38.1 Å². The van der Waals surface area contributed by atoms with Crippen molar-refractivity contribution in [2.24, 2.45) is 0 Å². The van der Waals surface area contributed by atoms with Gasteiger partial charge >= 0.3 is 0 Å². The van der Waals surface area contributed by atoms with Gasteiger partial charge < -0.3 is 15.6 Å². The van der Waals surface area contributed by atoms with Crippen LogP contribution in [0.4, 0.5) is 0 Å². The average molecular weight is 278 g/mol. The van der Waals surface area contributed by atoms with Crippen molar-refractivity contribution in [1.82, 2.24) is 15.6 Å². The van der Waals surface area contributed by atoms with E-state index in [1.54, 1.807) is 6.20 Å². The van der Waals surface area contributed by atoms with Gasteiger partial charge in [-0.2, -0.15) is 0 Å². The summed E-state index contributed by atoms with van der Waals surface area (Å²) in [5, 5.41) is 7.99. The lowest BCUT2D eigenvalue weighted by atomic mass is 10.1. The van der Waals surface area contributed by atoms with E-state index in [1.807, 2.05) is 18.2 Å². The van der Waals surface area contributed by atoms with Gasteiger partial charge in [0.05, 0.1) is 5.02 Å². The van der Waals surface area contributed by atoms with Gasteiger partial charge in [0.2, 0.25) is 0 Å². The molecule has 100 valence electrons. The molecule has 4 nitrogen and oxygen atoms in total. The summed E-state index contributed by atoms with van der Waals surface area (Å²) >= 11 is 6.02. The molecule has 0 spiro atoms. The van der Waals surface area contributed by atoms with Gasteiger partial charge in [-0.1, -0.05) is 17.7 Å². The van der Waals surface area contributed by atoms with Crippen molar-refractivity contribution >= 4 is 28.4 Å². The number of amides is 1. The maximum atomic E-state index is 12.2. The Bertz CT molecular complexity index is 602. The molecule has 2 heterocycles. The Morgan fingerprint density at radius 1 is 1.32 bits per heavy atom. The summed E-state index contributed by atoms with van der Waals surface area (Å²) in [5.41, 5.74) is 1.56. The third-order valence-corrected chi connectivity index (χ3v) is 3.88. The molecule has 3 N–H and O–H groups in total. The number of hydrogen-bond acceptors (Lipinski definition) is 2. The number of halogens is 1. The first-order chi connectivity index (χ1) is 9.24. The number of aromatic amines is 1. The third-order valence-electron chi connectivity index (χ3n) is 3.57. The molecule has 5 heteroatoms. The van der Waals surface area contributed by atoms with Crippen molar-refractivity contribution in [2.75, 3.05) is 13.1 Å². The molecule has 19 heavy (non-hydrogen) atoms. The first-order valence-electron chi connectivity index (χ1n) is 6.52. The molecule has 3 rings (SSSR count). The van der Waals surface area contributed by atoms with Crippen LogP contribution in [-0.2, 0) is 0 Å². The summed E-state index contributed by atoms with van der Waals surface area (Å²) in [4.78, 5) is 15.2. The largest absolute Gasteiger partial charge is 0.360 e. The van der Waals surface area contributed by atoms with Crippen LogP contribution in [0.2, 0.25) is 5.02 Å². The fourth-order valence-electron chi connectivity index (χ4n) is 2.47. The summed E-state index contributed by atoms with van der Waals surface area (Å²) in [6, 6.07) is 5.82. The van der Waals surface area contributed by atoms with Crippen molar-refractivity contribution in [2.45, 2.75) is 18.9 Å². The molecule has 0 aliphatic carbocycles. The molecule has 1 aromatic carbocycles. The van der Waals surface area contributed by atoms with Gasteiger partial charge in [-0.3, -0.25) is 4.79 Å². The fourth-order valence-corrected chi connectivity index (χ4v) is 2.69. The molecule has 0 bridgehead atoms. The minimum atomic E-state index is -0.0143. The second kappa shape index (κ2) is 5.23. The summed E-state index contributed by atoms with van der Waals surface area (Å²) in [7, 11) is 0. The highest BCUT2D eigenvalue weighted by Crippen LogP contribution is 2.23. The Morgan fingerprint density at radius 3 is 2.89 bits per heavy atom. The molecule has 1 saturated heterocycles. The lowest BCUT2D eigenvalue weighted by Gasteiger charge is -2.23. The van der Waals surface area contributed by atoms with Crippen molar-refractivity contribution in [3.63, 3.8) is 0 Å². The molecule has 1 fully saturated rings. The van der Waals surface area contributed by atoms with Crippen LogP contribution in [0.25, 0.3) is 10.9 Å². The number of carbonyl (C=O) groups excluding carboxylic acids is 1. The number of fused-ring (bicyclic) bond motifs is 1. The van der Waals surface area contributed by atoms with E-state index in [4.69, 9.17) is 11.6 Å². The zero-order valence-corrected chi connectivity index (χ0v) is 11.3. The summed E-state index contributed by atoms with van der Waals surface area (Å²) < 4.78 is 0. The number of piperidine rings is 1. The zero-order valence-electron chi connectivity index (χ0n) is 10.5. The van der Waals surface area contributed by atoms with E-state index < -0.39 is 0 Å². The smallest absolute Gasteiger partial charge is 0.251 e. The molecular formula is C14H16ClN3O. The number of benzene rings is 1. The predicted molar refractivity (Wildman–Crippen MR) is 76.7 cm³/mol. The summed E-state index contributed by atoms with van der Waals surface area (Å²) in [5.74, 6) is -0.0143. The maximum absolute atomic E-state index is 12.2. The van der Waals surface area contributed by atoms with Gasteiger partial charge in [0.1, 0.15) is 0 Å². The number of nitrogens with one attached hydrogen (secondary N) is 3.